The molecule has 0 aliphatic rings. The second kappa shape index (κ2) is 6.02. The Balaban J connectivity index is 1.92. The Labute approximate surface area is 117 Å². The fourth-order valence-electron chi connectivity index (χ4n) is 1.47. The quantitative estimate of drug-likeness (QED) is 0.910. The fraction of sp³-hybridized carbons (Fsp3) is 0.154. The molecule has 94 valence electrons. The standard InChI is InChI=1S/C13H11BrO3S/c14-12-5-10(8-18-12)7-17-11-3-1-9(2-4-11)6-13(15)16/h1-5,8H,6-7H2,(H,15,16). The van der Waals surface area contributed by atoms with Gasteiger partial charge in [0.1, 0.15) is 12.4 Å². The van der Waals surface area contributed by atoms with Gasteiger partial charge in [-0.2, -0.15) is 0 Å². The molecule has 0 unspecified atom stereocenters. The van der Waals surface area contributed by atoms with Crippen LogP contribution in [-0.2, 0) is 17.8 Å². The molecule has 0 amide bonds. The van der Waals surface area contributed by atoms with Crippen molar-refractivity contribution >= 4 is 33.2 Å². The number of halogens is 1. The second-order valence-electron chi connectivity index (χ2n) is 3.76. The van der Waals surface area contributed by atoms with E-state index in [4.69, 9.17) is 9.84 Å². The molecular weight excluding hydrogens is 316 g/mol. The molecule has 0 atom stereocenters. The minimum Gasteiger partial charge on any atom is -0.489 e. The molecule has 0 saturated heterocycles. The van der Waals surface area contributed by atoms with E-state index in [-0.39, 0.29) is 6.42 Å². The van der Waals surface area contributed by atoms with Crippen molar-refractivity contribution in [2.75, 3.05) is 0 Å². The molecule has 0 saturated carbocycles. The molecule has 0 fully saturated rings. The van der Waals surface area contributed by atoms with Gasteiger partial charge >= 0.3 is 5.97 Å². The highest BCUT2D eigenvalue weighted by atomic mass is 79.9. The summed E-state index contributed by atoms with van der Waals surface area (Å²) in [7, 11) is 0. The number of aliphatic carboxylic acids is 1. The second-order valence-corrected chi connectivity index (χ2v) is 6.05. The van der Waals surface area contributed by atoms with Gasteiger partial charge in [-0.3, -0.25) is 4.79 Å². The number of hydrogen-bond acceptors (Lipinski definition) is 3. The van der Waals surface area contributed by atoms with Gasteiger partial charge in [-0.05, 0) is 45.1 Å². The normalized spacial score (nSPS) is 10.3. The maximum Gasteiger partial charge on any atom is 0.307 e. The average Bonchev–Trinajstić information content (AvgIpc) is 2.74. The first kappa shape index (κ1) is 13.1. The highest BCUT2D eigenvalue weighted by Crippen LogP contribution is 2.22. The minimum absolute atomic E-state index is 0.0394. The van der Waals surface area contributed by atoms with Gasteiger partial charge in [0.05, 0.1) is 10.2 Å². The maximum absolute atomic E-state index is 10.5. The molecule has 0 aliphatic carbocycles. The van der Waals surface area contributed by atoms with Crippen LogP contribution < -0.4 is 4.74 Å². The molecule has 1 aromatic carbocycles. The van der Waals surface area contributed by atoms with Crippen LogP contribution in [0, 0.1) is 0 Å². The van der Waals surface area contributed by atoms with E-state index in [1.807, 2.05) is 11.4 Å². The average molecular weight is 327 g/mol. The lowest BCUT2D eigenvalue weighted by atomic mass is 10.1. The first-order valence-corrected chi connectivity index (χ1v) is 6.97. The van der Waals surface area contributed by atoms with Crippen LogP contribution in [0.5, 0.6) is 5.75 Å². The van der Waals surface area contributed by atoms with Gasteiger partial charge in [0, 0.05) is 5.56 Å². The van der Waals surface area contributed by atoms with Gasteiger partial charge in [-0.25, -0.2) is 0 Å². The van der Waals surface area contributed by atoms with Crippen molar-refractivity contribution in [2.45, 2.75) is 13.0 Å². The van der Waals surface area contributed by atoms with Crippen LogP contribution in [0.3, 0.4) is 0 Å². The van der Waals surface area contributed by atoms with E-state index in [1.165, 1.54) is 0 Å². The van der Waals surface area contributed by atoms with Gasteiger partial charge in [-0.15, -0.1) is 11.3 Å². The van der Waals surface area contributed by atoms with Gasteiger partial charge < -0.3 is 9.84 Å². The molecule has 1 heterocycles. The Hall–Kier alpha value is -1.33. The van der Waals surface area contributed by atoms with Crippen molar-refractivity contribution in [1.82, 2.24) is 0 Å². The summed E-state index contributed by atoms with van der Waals surface area (Å²) in [5, 5.41) is 10.7. The summed E-state index contributed by atoms with van der Waals surface area (Å²) in [6.07, 6.45) is 0.0394. The van der Waals surface area contributed by atoms with E-state index in [0.717, 1.165) is 20.7 Å². The molecule has 0 bridgehead atoms. The predicted octanol–water partition coefficient (Wildman–Crippen LogP) is 3.72. The molecule has 2 rings (SSSR count). The Bertz CT molecular complexity index is 533. The van der Waals surface area contributed by atoms with Gasteiger partial charge in [0.25, 0.3) is 0 Å². The SMILES string of the molecule is O=C(O)Cc1ccc(OCc2csc(Br)c2)cc1. The highest BCUT2D eigenvalue weighted by molar-refractivity contribution is 9.11. The Morgan fingerprint density at radius 3 is 2.56 bits per heavy atom. The predicted molar refractivity (Wildman–Crippen MR) is 74.1 cm³/mol. The van der Waals surface area contributed by atoms with Crippen LogP contribution in [0.4, 0.5) is 0 Å². The van der Waals surface area contributed by atoms with Crippen molar-refractivity contribution in [1.29, 1.82) is 0 Å². The van der Waals surface area contributed by atoms with Crippen LogP contribution >= 0.6 is 27.3 Å². The number of hydrogen-bond donors (Lipinski definition) is 1. The first-order chi connectivity index (χ1) is 8.63. The molecule has 1 aromatic heterocycles. The summed E-state index contributed by atoms with van der Waals surface area (Å²) < 4.78 is 6.69. The molecule has 2 aromatic rings. The topological polar surface area (TPSA) is 46.5 Å². The van der Waals surface area contributed by atoms with E-state index in [9.17, 15) is 4.79 Å². The Kier molecular flexibility index (Phi) is 4.38. The van der Waals surface area contributed by atoms with Gasteiger partial charge in [-0.1, -0.05) is 12.1 Å². The lowest BCUT2D eigenvalue weighted by molar-refractivity contribution is -0.136. The van der Waals surface area contributed by atoms with Gasteiger partial charge in [0.2, 0.25) is 0 Å². The van der Waals surface area contributed by atoms with E-state index in [1.54, 1.807) is 35.6 Å². The van der Waals surface area contributed by atoms with E-state index in [2.05, 4.69) is 15.9 Å². The lowest BCUT2D eigenvalue weighted by Gasteiger charge is -2.05. The number of carboxylic acid groups (broad SMARTS) is 1. The van der Waals surface area contributed by atoms with Crippen LogP contribution in [0.15, 0.2) is 39.5 Å². The van der Waals surface area contributed by atoms with Crippen LogP contribution in [0.1, 0.15) is 11.1 Å². The lowest BCUT2D eigenvalue weighted by Crippen LogP contribution is -2.00. The summed E-state index contributed by atoms with van der Waals surface area (Å²) in [5.41, 5.74) is 1.88. The number of carbonyl (C=O) groups is 1. The monoisotopic (exact) mass is 326 g/mol. The zero-order chi connectivity index (χ0) is 13.0. The zero-order valence-electron chi connectivity index (χ0n) is 9.43. The molecule has 18 heavy (non-hydrogen) atoms. The van der Waals surface area contributed by atoms with Crippen LogP contribution in [0.25, 0.3) is 0 Å². The molecule has 0 radical (unpaired) electrons. The van der Waals surface area contributed by atoms with Crippen LogP contribution in [-0.4, -0.2) is 11.1 Å². The Morgan fingerprint density at radius 2 is 2.00 bits per heavy atom. The summed E-state index contributed by atoms with van der Waals surface area (Å²) in [6.45, 7) is 0.514. The summed E-state index contributed by atoms with van der Waals surface area (Å²) in [6, 6.07) is 9.14. The summed E-state index contributed by atoms with van der Waals surface area (Å²) in [5.74, 6) is -0.0850. The maximum atomic E-state index is 10.5. The molecule has 5 heteroatoms. The van der Waals surface area contributed by atoms with Crippen molar-refractivity contribution in [2.24, 2.45) is 0 Å². The van der Waals surface area contributed by atoms with Crippen LogP contribution in [0.2, 0.25) is 0 Å². The smallest absolute Gasteiger partial charge is 0.307 e. The van der Waals surface area contributed by atoms with E-state index >= 15 is 0 Å². The van der Waals surface area contributed by atoms with Crippen molar-refractivity contribution < 1.29 is 14.6 Å². The zero-order valence-corrected chi connectivity index (χ0v) is 11.8. The third kappa shape index (κ3) is 3.85. The number of benzene rings is 1. The highest BCUT2D eigenvalue weighted by Gasteiger charge is 2.02. The Morgan fingerprint density at radius 1 is 1.28 bits per heavy atom. The van der Waals surface area contributed by atoms with Crippen molar-refractivity contribution in [3.63, 3.8) is 0 Å². The molecule has 3 nitrogen and oxygen atoms in total. The molecular formula is C13H11BrO3S. The number of ether oxygens (including phenoxy) is 1. The molecule has 0 aliphatic heterocycles. The molecule has 0 spiro atoms. The fourth-order valence-corrected chi connectivity index (χ4v) is 2.66. The van der Waals surface area contributed by atoms with E-state index in [0.29, 0.717) is 6.61 Å². The molecule has 1 N–H and O–H groups in total. The third-order valence-corrected chi connectivity index (χ3v) is 3.86. The van der Waals surface area contributed by atoms with Crippen molar-refractivity contribution in [3.8, 4) is 5.75 Å². The first-order valence-electron chi connectivity index (χ1n) is 5.30. The van der Waals surface area contributed by atoms with Crippen molar-refractivity contribution in [3.05, 3.63) is 50.6 Å². The number of carboxylic acids is 1. The van der Waals surface area contributed by atoms with Gasteiger partial charge in [0.15, 0.2) is 0 Å². The summed E-state index contributed by atoms with van der Waals surface area (Å²) >= 11 is 5.02. The largest absolute Gasteiger partial charge is 0.489 e. The third-order valence-electron chi connectivity index (χ3n) is 2.31. The minimum atomic E-state index is -0.827. The number of thiophene rings is 1. The number of rotatable bonds is 5. The van der Waals surface area contributed by atoms with E-state index < -0.39 is 5.97 Å². The summed E-state index contributed by atoms with van der Waals surface area (Å²) in [4.78, 5) is 10.5.